The second kappa shape index (κ2) is 2.91. The van der Waals surface area contributed by atoms with Crippen molar-refractivity contribution in [2.75, 3.05) is 0 Å². The van der Waals surface area contributed by atoms with Crippen molar-refractivity contribution < 1.29 is 0 Å². The van der Waals surface area contributed by atoms with Gasteiger partial charge in [-0.15, -0.1) is 0 Å². The van der Waals surface area contributed by atoms with Crippen molar-refractivity contribution in [2.24, 2.45) is 0 Å². The maximum atomic E-state index is 5.57. The summed E-state index contributed by atoms with van der Waals surface area (Å²) in [5.74, 6) is 0. The summed E-state index contributed by atoms with van der Waals surface area (Å²) in [5.41, 5.74) is 0.580. The van der Waals surface area contributed by atoms with E-state index in [4.69, 9.17) is 34.8 Å². The highest BCUT2D eigenvalue weighted by Crippen LogP contribution is 2.20. The molecule has 1 rings (SSSR count). The van der Waals surface area contributed by atoms with Crippen LogP contribution in [0, 0.1) is 6.92 Å². The zero-order chi connectivity index (χ0) is 7.72. The van der Waals surface area contributed by atoms with Crippen molar-refractivity contribution in [3.63, 3.8) is 0 Å². The maximum absolute atomic E-state index is 5.57. The van der Waals surface area contributed by atoms with E-state index in [2.05, 4.69) is 9.97 Å². The lowest BCUT2D eigenvalue weighted by molar-refractivity contribution is 1.12. The Morgan fingerprint density at radius 3 is 1.90 bits per heavy atom. The highest BCUT2D eigenvalue weighted by atomic mass is 35.5. The summed E-state index contributed by atoms with van der Waals surface area (Å²) in [6, 6.07) is 0. The topological polar surface area (TPSA) is 25.8 Å². The van der Waals surface area contributed by atoms with Gasteiger partial charge in [0.15, 0.2) is 15.5 Å². The first kappa shape index (κ1) is 8.05. The van der Waals surface area contributed by atoms with E-state index in [9.17, 15) is 0 Å². The molecule has 0 saturated heterocycles. The number of hydrogen-bond acceptors (Lipinski definition) is 2. The van der Waals surface area contributed by atoms with Gasteiger partial charge < -0.3 is 0 Å². The molecular formula is C5H3Cl3N2. The van der Waals surface area contributed by atoms with Gasteiger partial charge >= 0.3 is 0 Å². The molecule has 1 aromatic heterocycles. The van der Waals surface area contributed by atoms with Crippen LogP contribution in [0.3, 0.4) is 0 Å². The van der Waals surface area contributed by atoms with Gasteiger partial charge in [-0.1, -0.05) is 34.8 Å². The van der Waals surface area contributed by atoms with E-state index in [0.717, 1.165) is 0 Å². The van der Waals surface area contributed by atoms with Crippen LogP contribution in [0.2, 0.25) is 15.5 Å². The number of halogens is 3. The number of hydrogen-bond donors (Lipinski definition) is 0. The van der Waals surface area contributed by atoms with Crippen LogP contribution in [0.15, 0.2) is 0 Å². The Hall–Kier alpha value is -0.0500. The van der Waals surface area contributed by atoms with Crippen LogP contribution in [0.25, 0.3) is 0 Å². The molecule has 0 fully saturated rings. The molecule has 5 heteroatoms. The average molecular weight is 197 g/mol. The van der Waals surface area contributed by atoms with Gasteiger partial charge in [0.25, 0.3) is 0 Å². The fourth-order valence-electron chi connectivity index (χ4n) is 0.453. The van der Waals surface area contributed by atoms with E-state index < -0.39 is 0 Å². The van der Waals surface area contributed by atoms with Crippen molar-refractivity contribution in [2.45, 2.75) is 6.92 Å². The smallest absolute Gasteiger partial charge is 0.168 e. The molecule has 10 heavy (non-hydrogen) atoms. The molecule has 0 unspecified atom stereocenters. The highest BCUT2D eigenvalue weighted by molar-refractivity contribution is 6.41. The summed E-state index contributed by atoms with van der Waals surface area (Å²) in [5, 5.41) is 0.607. The average Bonchev–Trinajstić information content (AvgIpc) is 1.84. The van der Waals surface area contributed by atoms with Gasteiger partial charge in [0.1, 0.15) is 0 Å². The summed E-state index contributed by atoms with van der Waals surface area (Å²) in [7, 11) is 0. The molecule has 54 valence electrons. The standard InChI is InChI=1S/C5H3Cl3N2/c1-2-3(6)10-5(8)4(7)9-2/h1H3. The number of rotatable bonds is 0. The lowest BCUT2D eigenvalue weighted by atomic mass is 10.5. The summed E-state index contributed by atoms with van der Waals surface area (Å²) >= 11 is 16.6. The Morgan fingerprint density at radius 2 is 1.40 bits per heavy atom. The summed E-state index contributed by atoms with van der Waals surface area (Å²) in [6.45, 7) is 1.71. The Kier molecular flexibility index (Phi) is 2.34. The molecule has 2 nitrogen and oxygen atoms in total. The van der Waals surface area contributed by atoms with Crippen molar-refractivity contribution in [3.8, 4) is 0 Å². The molecule has 0 amide bonds. The Morgan fingerprint density at radius 1 is 0.900 bits per heavy atom. The third kappa shape index (κ3) is 1.51. The summed E-state index contributed by atoms with van der Waals surface area (Å²) in [4.78, 5) is 7.52. The van der Waals surface area contributed by atoms with Crippen LogP contribution in [-0.2, 0) is 0 Å². The Labute approximate surface area is 73.1 Å². The second-order valence-electron chi connectivity index (χ2n) is 1.68. The SMILES string of the molecule is Cc1nc(Cl)c(Cl)nc1Cl. The van der Waals surface area contributed by atoms with Gasteiger partial charge in [-0.25, -0.2) is 9.97 Å². The first-order chi connectivity index (χ1) is 4.61. The second-order valence-corrected chi connectivity index (χ2v) is 2.76. The van der Waals surface area contributed by atoms with Crippen molar-refractivity contribution in [1.82, 2.24) is 9.97 Å². The molecule has 0 aliphatic heterocycles. The minimum absolute atomic E-state index is 0.136. The van der Waals surface area contributed by atoms with Gasteiger partial charge in [-0.2, -0.15) is 0 Å². The van der Waals surface area contributed by atoms with Gasteiger partial charge in [0.2, 0.25) is 0 Å². The van der Waals surface area contributed by atoms with E-state index in [1.165, 1.54) is 0 Å². The van der Waals surface area contributed by atoms with Crippen molar-refractivity contribution in [3.05, 3.63) is 21.2 Å². The van der Waals surface area contributed by atoms with Gasteiger partial charge in [-0.05, 0) is 6.92 Å². The lowest BCUT2D eigenvalue weighted by Crippen LogP contribution is -1.88. The zero-order valence-electron chi connectivity index (χ0n) is 5.03. The van der Waals surface area contributed by atoms with Gasteiger partial charge in [-0.3, -0.25) is 0 Å². The monoisotopic (exact) mass is 196 g/mol. The van der Waals surface area contributed by atoms with Crippen LogP contribution in [0.5, 0.6) is 0 Å². The van der Waals surface area contributed by atoms with Gasteiger partial charge in [0.05, 0.1) is 5.69 Å². The van der Waals surface area contributed by atoms with Crippen molar-refractivity contribution >= 4 is 34.8 Å². The van der Waals surface area contributed by atoms with Crippen molar-refractivity contribution in [1.29, 1.82) is 0 Å². The molecule has 0 radical (unpaired) electrons. The van der Waals surface area contributed by atoms with E-state index in [0.29, 0.717) is 5.69 Å². The summed E-state index contributed by atoms with van der Waals surface area (Å²) in [6.07, 6.45) is 0. The Balaban J connectivity index is 3.28. The molecule has 0 saturated carbocycles. The molecular weight excluding hydrogens is 194 g/mol. The highest BCUT2D eigenvalue weighted by Gasteiger charge is 2.04. The van der Waals surface area contributed by atoms with E-state index >= 15 is 0 Å². The van der Waals surface area contributed by atoms with Crippen LogP contribution < -0.4 is 0 Å². The maximum Gasteiger partial charge on any atom is 0.168 e. The molecule has 0 spiro atoms. The van der Waals surface area contributed by atoms with Crippen LogP contribution in [0.4, 0.5) is 0 Å². The minimum atomic E-state index is 0.136. The number of aromatic nitrogens is 2. The molecule has 0 bridgehead atoms. The molecule has 1 heterocycles. The summed E-state index contributed by atoms with van der Waals surface area (Å²) < 4.78 is 0. The number of nitrogens with zero attached hydrogens (tertiary/aromatic N) is 2. The molecule has 0 aromatic carbocycles. The fraction of sp³-hybridized carbons (Fsp3) is 0.200. The van der Waals surface area contributed by atoms with E-state index in [1.807, 2.05) is 0 Å². The third-order valence-corrected chi connectivity index (χ3v) is 1.91. The van der Waals surface area contributed by atoms with Gasteiger partial charge in [0, 0.05) is 0 Å². The quantitative estimate of drug-likeness (QED) is 0.639. The largest absolute Gasteiger partial charge is 0.235 e. The Bertz CT molecular complexity index is 211. The molecule has 0 atom stereocenters. The van der Waals surface area contributed by atoms with E-state index in [-0.39, 0.29) is 15.5 Å². The van der Waals surface area contributed by atoms with Crippen LogP contribution in [-0.4, -0.2) is 9.97 Å². The molecule has 0 N–H and O–H groups in total. The first-order valence-corrected chi connectivity index (χ1v) is 3.60. The minimum Gasteiger partial charge on any atom is -0.235 e. The third-order valence-electron chi connectivity index (χ3n) is 0.931. The van der Waals surface area contributed by atoms with Crippen LogP contribution in [0.1, 0.15) is 5.69 Å². The predicted octanol–water partition coefficient (Wildman–Crippen LogP) is 2.75. The molecule has 0 aliphatic carbocycles. The van der Waals surface area contributed by atoms with Crippen LogP contribution >= 0.6 is 34.8 Å². The molecule has 1 aromatic rings. The fourth-order valence-corrected chi connectivity index (χ4v) is 0.919. The zero-order valence-corrected chi connectivity index (χ0v) is 7.30. The first-order valence-electron chi connectivity index (χ1n) is 2.46. The lowest BCUT2D eigenvalue weighted by Gasteiger charge is -1.96. The normalized spacial score (nSPS) is 10.0. The molecule has 0 aliphatic rings. The predicted molar refractivity (Wildman–Crippen MR) is 41.8 cm³/mol. The van der Waals surface area contributed by atoms with E-state index in [1.54, 1.807) is 6.92 Å². The number of aryl methyl sites for hydroxylation is 1.